The van der Waals surface area contributed by atoms with Crippen LogP contribution in [0.2, 0.25) is 0 Å². The van der Waals surface area contributed by atoms with Crippen molar-refractivity contribution in [3.8, 4) is 0 Å². The molecule has 8 heteroatoms. The molecule has 0 saturated carbocycles. The predicted octanol–water partition coefficient (Wildman–Crippen LogP) is 0.222. The summed E-state index contributed by atoms with van der Waals surface area (Å²) in [5, 5.41) is 3.82. The highest BCUT2D eigenvalue weighted by Crippen LogP contribution is 2.15. The van der Waals surface area contributed by atoms with Crippen molar-refractivity contribution in [2.24, 2.45) is 0 Å². The molecule has 1 aromatic rings. The number of carbonyl (C=O) groups is 1. The van der Waals surface area contributed by atoms with Gasteiger partial charge in [-0.1, -0.05) is 0 Å². The molecule has 0 bridgehead atoms. The van der Waals surface area contributed by atoms with Gasteiger partial charge < -0.3 is 10.5 Å². The van der Waals surface area contributed by atoms with Crippen LogP contribution < -0.4 is 5.73 Å². The zero-order valence-electron chi connectivity index (χ0n) is 11.3. The number of hydrogen-bond acceptors (Lipinski definition) is 6. The Hall–Kier alpha value is -1.57. The van der Waals surface area contributed by atoms with Crippen molar-refractivity contribution in [3.63, 3.8) is 0 Å². The fraction of sp³-hybridized carbons (Fsp3) is 0.636. The van der Waals surface area contributed by atoms with Gasteiger partial charge in [0, 0.05) is 6.20 Å². The largest absolute Gasteiger partial charge is 0.463 e. The van der Waals surface area contributed by atoms with Gasteiger partial charge in [-0.3, -0.25) is 9.48 Å². The van der Waals surface area contributed by atoms with Gasteiger partial charge >= 0.3 is 5.97 Å². The fourth-order valence-corrected chi connectivity index (χ4v) is 2.13. The minimum Gasteiger partial charge on any atom is -0.463 e. The van der Waals surface area contributed by atoms with Crippen molar-refractivity contribution < 1.29 is 17.9 Å². The molecule has 0 amide bonds. The second-order valence-corrected chi connectivity index (χ2v) is 7.95. The van der Waals surface area contributed by atoms with E-state index in [0.717, 1.165) is 0 Å². The van der Waals surface area contributed by atoms with E-state index < -0.39 is 20.6 Å². The van der Waals surface area contributed by atoms with Crippen LogP contribution in [0, 0.1) is 0 Å². The predicted molar refractivity (Wildman–Crippen MR) is 71.1 cm³/mol. The molecular formula is C11H19N3O4S. The molecule has 0 unspecified atom stereocenters. The molecule has 0 saturated heterocycles. The third-order valence-electron chi connectivity index (χ3n) is 2.50. The summed E-state index contributed by atoms with van der Waals surface area (Å²) in [6.45, 7) is 4.58. The normalized spacial score (nSPS) is 12.4. The van der Waals surface area contributed by atoms with Crippen LogP contribution in [0.5, 0.6) is 0 Å². The van der Waals surface area contributed by atoms with Crippen LogP contribution in [0.25, 0.3) is 0 Å². The minimum absolute atomic E-state index is 0.0905. The number of aromatic nitrogens is 2. The SMILES string of the molecule is CC(C)(C)S(=O)(=O)CCOC(=O)Cn1ccc(N)n1. The molecule has 0 aliphatic rings. The van der Waals surface area contributed by atoms with Crippen molar-refractivity contribution in [2.75, 3.05) is 18.1 Å². The summed E-state index contributed by atoms with van der Waals surface area (Å²) >= 11 is 0. The first-order chi connectivity index (χ1) is 8.62. The number of esters is 1. The van der Waals surface area contributed by atoms with E-state index in [1.165, 1.54) is 4.68 Å². The number of ether oxygens (including phenoxy) is 1. The molecule has 0 fully saturated rings. The molecule has 0 atom stereocenters. The van der Waals surface area contributed by atoms with Crippen LogP contribution in [0.15, 0.2) is 12.3 Å². The third-order valence-corrected chi connectivity index (χ3v) is 5.07. The van der Waals surface area contributed by atoms with Crippen LogP contribution in [0.4, 0.5) is 5.82 Å². The molecule has 0 aliphatic carbocycles. The van der Waals surface area contributed by atoms with Gasteiger partial charge in [0.05, 0.1) is 10.5 Å². The number of sulfone groups is 1. The summed E-state index contributed by atoms with van der Waals surface area (Å²) in [6.07, 6.45) is 1.54. The second-order valence-electron chi connectivity index (χ2n) is 5.09. The summed E-state index contributed by atoms with van der Waals surface area (Å²) in [4.78, 5) is 11.4. The van der Waals surface area contributed by atoms with Crippen LogP contribution in [0.1, 0.15) is 20.8 Å². The lowest BCUT2D eigenvalue weighted by atomic mass is 10.3. The maximum absolute atomic E-state index is 11.8. The topological polar surface area (TPSA) is 104 Å². The molecule has 1 heterocycles. The maximum atomic E-state index is 11.8. The van der Waals surface area contributed by atoms with E-state index in [0.29, 0.717) is 5.82 Å². The van der Waals surface area contributed by atoms with Gasteiger partial charge in [-0.25, -0.2) is 8.42 Å². The van der Waals surface area contributed by atoms with E-state index in [2.05, 4.69) is 5.10 Å². The Balaban J connectivity index is 2.40. The smallest absolute Gasteiger partial charge is 0.327 e. The van der Waals surface area contributed by atoms with Crippen molar-refractivity contribution in [3.05, 3.63) is 12.3 Å². The van der Waals surface area contributed by atoms with Crippen molar-refractivity contribution in [1.82, 2.24) is 9.78 Å². The van der Waals surface area contributed by atoms with E-state index in [4.69, 9.17) is 10.5 Å². The Kier molecular flexibility index (Phi) is 4.56. The van der Waals surface area contributed by atoms with Crippen molar-refractivity contribution >= 4 is 21.6 Å². The molecule has 1 rings (SSSR count). The lowest BCUT2D eigenvalue weighted by molar-refractivity contribution is -0.143. The Morgan fingerprint density at radius 2 is 2.11 bits per heavy atom. The van der Waals surface area contributed by atoms with Gasteiger partial charge in [-0.2, -0.15) is 5.10 Å². The van der Waals surface area contributed by atoms with Gasteiger partial charge in [0.1, 0.15) is 19.0 Å². The number of nitrogens with zero attached hydrogens (tertiary/aromatic N) is 2. The Labute approximate surface area is 112 Å². The van der Waals surface area contributed by atoms with E-state index >= 15 is 0 Å². The van der Waals surface area contributed by atoms with Crippen LogP contribution in [-0.4, -0.2) is 41.3 Å². The average molecular weight is 289 g/mol. The van der Waals surface area contributed by atoms with Crippen molar-refractivity contribution in [1.29, 1.82) is 0 Å². The van der Waals surface area contributed by atoms with Gasteiger partial charge in [-0.15, -0.1) is 0 Å². The van der Waals surface area contributed by atoms with Gasteiger partial charge in [0.2, 0.25) is 0 Å². The third kappa shape index (κ3) is 4.55. The van der Waals surface area contributed by atoms with Crippen molar-refractivity contribution in [2.45, 2.75) is 32.1 Å². The molecule has 0 spiro atoms. The molecule has 19 heavy (non-hydrogen) atoms. The molecule has 2 N–H and O–H groups in total. The number of anilines is 1. The van der Waals surface area contributed by atoms with Gasteiger partial charge in [-0.05, 0) is 26.8 Å². The highest BCUT2D eigenvalue weighted by atomic mass is 32.2. The van der Waals surface area contributed by atoms with E-state index in [1.54, 1.807) is 33.0 Å². The molecule has 108 valence electrons. The average Bonchev–Trinajstić information content (AvgIpc) is 2.61. The lowest BCUT2D eigenvalue weighted by Gasteiger charge is -2.18. The highest BCUT2D eigenvalue weighted by Gasteiger charge is 2.28. The number of nitrogen functional groups attached to an aromatic ring is 1. The number of hydrogen-bond donors (Lipinski definition) is 1. The second kappa shape index (κ2) is 5.60. The maximum Gasteiger partial charge on any atom is 0.327 e. The Morgan fingerprint density at radius 1 is 1.47 bits per heavy atom. The first-order valence-electron chi connectivity index (χ1n) is 5.79. The minimum atomic E-state index is -3.28. The van der Waals surface area contributed by atoms with E-state index in [1.807, 2.05) is 0 Å². The summed E-state index contributed by atoms with van der Waals surface area (Å²) < 4.78 is 28.9. The zero-order chi connectivity index (χ0) is 14.7. The summed E-state index contributed by atoms with van der Waals surface area (Å²) in [5.41, 5.74) is 5.40. The van der Waals surface area contributed by atoms with Gasteiger partial charge in [0.25, 0.3) is 0 Å². The van der Waals surface area contributed by atoms with E-state index in [9.17, 15) is 13.2 Å². The summed E-state index contributed by atoms with van der Waals surface area (Å²) in [7, 11) is -3.28. The number of carbonyl (C=O) groups excluding carboxylic acids is 1. The summed E-state index contributed by atoms with van der Waals surface area (Å²) in [6, 6.07) is 1.55. The quantitative estimate of drug-likeness (QED) is 0.778. The monoisotopic (exact) mass is 289 g/mol. The van der Waals surface area contributed by atoms with Gasteiger partial charge in [0.15, 0.2) is 9.84 Å². The first kappa shape index (κ1) is 15.5. The molecular weight excluding hydrogens is 270 g/mol. The lowest BCUT2D eigenvalue weighted by Crippen LogP contribution is -2.32. The molecule has 0 radical (unpaired) electrons. The molecule has 0 aliphatic heterocycles. The van der Waals surface area contributed by atoms with Crippen LogP contribution in [0.3, 0.4) is 0 Å². The molecule has 7 nitrogen and oxygen atoms in total. The molecule has 0 aromatic carbocycles. The Morgan fingerprint density at radius 3 is 2.58 bits per heavy atom. The fourth-order valence-electron chi connectivity index (χ4n) is 1.21. The zero-order valence-corrected chi connectivity index (χ0v) is 12.1. The first-order valence-corrected chi connectivity index (χ1v) is 7.44. The van der Waals surface area contributed by atoms with Crippen LogP contribution >= 0.6 is 0 Å². The number of rotatable bonds is 5. The Bertz CT molecular complexity index is 543. The number of nitrogens with two attached hydrogens (primary N) is 1. The van der Waals surface area contributed by atoms with E-state index in [-0.39, 0.29) is 18.9 Å². The summed E-state index contributed by atoms with van der Waals surface area (Å²) in [5.74, 6) is -0.431. The molecule has 1 aromatic heterocycles. The standard InChI is InChI=1S/C11H19N3O4S/c1-11(2,3)19(16,17)7-6-18-10(15)8-14-5-4-9(12)13-14/h4-5H,6-8H2,1-3H3,(H2,12,13). The van der Waals surface area contributed by atoms with Crippen LogP contribution in [-0.2, 0) is 25.9 Å². The highest BCUT2D eigenvalue weighted by molar-refractivity contribution is 7.92.